The van der Waals surface area contributed by atoms with E-state index < -0.39 is 0 Å². The van der Waals surface area contributed by atoms with Crippen LogP contribution < -0.4 is 0 Å². The molecule has 3 rings (SSSR count). The fraction of sp³-hybridized carbons (Fsp3) is 0.0714. The first-order chi connectivity index (χ1) is 8.29. The zero-order chi connectivity index (χ0) is 11.8. The molecule has 0 amide bonds. The van der Waals surface area contributed by atoms with Crippen molar-refractivity contribution in [2.75, 3.05) is 0 Å². The van der Waals surface area contributed by atoms with Gasteiger partial charge in [-0.05, 0) is 24.3 Å². The van der Waals surface area contributed by atoms with Gasteiger partial charge >= 0.3 is 0 Å². The summed E-state index contributed by atoms with van der Waals surface area (Å²) in [7, 11) is 2.04. The molecule has 1 N–H and O–H groups in total. The van der Waals surface area contributed by atoms with Crippen LogP contribution in [0.2, 0.25) is 0 Å². The first-order valence-corrected chi connectivity index (χ1v) is 5.50. The third-order valence-corrected chi connectivity index (χ3v) is 3.01. The molecule has 0 aliphatic rings. The van der Waals surface area contributed by atoms with Gasteiger partial charge in [-0.2, -0.15) is 0 Å². The number of pyridine rings is 1. The Morgan fingerprint density at radius 1 is 1.35 bits per heavy atom. The van der Waals surface area contributed by atoms with Crippen molar-refractivity contribution < 1.29 is 0 Å². The molecule has 3 nitrogen and oxygen atoms in total. The lowest BCUT2D eigenvalue weighted by Crippen LogP contribution is -1.82. The average molecular weight is 223 g/mol. The van der Waals surface area contributed by atoms with E-state index in [1.807, 2.05) is 37.7 Å². The third-order valence-electron chi connectivity index (χ3n) is 3.01. The van der Waals surface area contributed by atoms with Crippen LogP contribution in [0.5, 0.6) is 0 Å². The first kappa shape index (κ1) is 9.90. The molecular formula is C14H13N3. The van der Waals surface area contributed by atoms with Crippen LogP contribution in [-0.4, -0.2) is 14.5 Å². The largest absolute Gasteiger partial charge is 0.355 e. The van der Waals surface area contributed by atoms with Crippen molar-refractivity contribution in [3.05, 3.63) is 49.1 Å². The molecule has 0 aliphatic heterocycles. The Hall–Kier alpha value is -2.29. The predicted molar refractivity (Wildman–Crippen MR) is 70.6 cm³/mol. The molecule has 0 aromatic carbocycles. The van der Waals surface area contributed by atoms with Gasteiger partial charge in [0.15, 0.2) is 0 Å². The molecule has 0 saturated carbocycles. The predicted octanol–water partition coefficient (Wildman–Crippen LogP) is 3.21. The summed E-state index contributed by atoms with van der Waals surface area (Å²) in [5.41, 5.74) is 4.48. The van der Waals surface area contributed by atoms with Crippen molar-refractivity contribution in [2.24, 2.45) is 7.05 Å². The van der Waals surface area contributed by atoms with Crippen LogP contribution in [-0.2, 0) is 7.05 Å². The smallest absolute Gasteiger partial charge is 0.0515 e. The second kappa shape index (κ2) is 3.63. The van der Waals surface area contributed by atoms with Gasteiger partial charge in [-0.25, -0.2) is 0 Å². The van der Waals surface area contributed by atoms with Crippen molar-refractivity contribution in [2.45, 2.75) is 0 Å². The Morgan fingerprint density at radius 2 is 2.24 bits per heavy atom. The monoisotopic (exact) mass is 223 g/mol. The second-order valence-corrected chi connectivity index (χ2v) is 4.08. The zero-order valence-electron chi connectivity index (χ0n) is 9.64. The Bertz CT molecular complexity index is 688. The van der Waals surface area contributed by atoms with Gasteiger partial charge in [-0.1, -0.05) is 6.58 Å². The summed E-state index contributed by atoms with van der Waals surface area (Å²) >= 11 is 0. The molecule has 0 atom stereocenters. The number of fused-ring (bicyclic) bond motifs is 1. The minimum Gasteiger partial charge on any atom is -0.355 e. The highest BCUT2D eigenvalue weighted by Crippen LogP contribution is 2.28. The molecule has 0 fully saturated rings. The molecule has 0 spiro atoms. The summed E-state index contributed by atoms with van der Waals surface area (Å²) in [4.78, 5) is 7.52. The number of nitrogens with one attached hydrogen (secondary N) is 1. The fourth-order valence-electron chi connectivity index (χ4n) is 2.14. The quantitative estimate of drug-likeness (QED) is 0.711. The van der Waals surface area contributed by atoms with E-state index in [9.17, 15) is 0 Å². The lowest BCUT2D eigenvalue weighted by molar-refractivity contribution is 0.968. The van der Waals surface area contributed by atoms with Crippen molar-refractivity contribution in [3.8, 4) is 11.3 Å². The van der Waals surface area contributed by atoms with Crippen LogP contribution in [0.1, 0.15) is 5.69 Å². The number of hydrogen-bond donors (Lipinski definition) is 1. The number of aryl methyl sites for hydroxylation is 1. The lowest BCUT2D eigenvalue weighted by Gasteiger charge is -1.94. The topological polar surface area (TPSA) is 33.6 Å². The van der Waals surface area contributed by atoms with Gasteiger partial charge in [-0.3, -0.25) is 4.98 Å². The minimum absolute atomic E-state index is 1.03. The standard InChI is InChI=1S/C14H13N3/c1-3-10-4-5-13(16-10)12-9-17(2)14-6-7-15-8-11(12)14/h3-9,16H,1H2,2H3. The van der Waals surface area contributed by atoms with E-state index in [2.05, 4.69) is 33.4 Å². The molecule has 0 radical (unpaired) electrons. The Labute approximate surface area is 99.4 Å². The van der Waals surface area contributed by atoms with Gasteiger partial charge in [0.25, 0.3) is 0 Å². The Kier molecular flexibility index (Phi) is 2.11. The zero-order valence-corrected chi connectivity index (χ0v) is 9.64. The SMILES string of the molecule is C=Cc1ccc(-c2cn(C)c3ccncc23)[nH]1. The molecule has 0 saturated heterocycles. The minimum atomic E-state index is 1.03. The average Bonchev–Trinajstić information content (AvgIpc) is 2.95. The van der Waals surface area contributed by atoms with Crippen molar-refractivity contribution in [3.63, 3.8) is 0 Å². The summed E-state index contributed by atoms with van der Waals surface area (Å²) in [5, 5.41) is 1.16. The number of rotatable bonds is 2. The van der Waals surface area contributed by atoms with E-state index in [1.54, 1.807) is 0 Å². The molecule has 3 aromatic rings. The highest BCUT2D eigenvalue weighted by atomic mass is 14.9. The van der Waals surface area contributed by atoms with Crippen molar-refractivity contribution >= 4 is 17.0 Å². The summed E-state index contributed by atoms with van der Waals surface area (Å²) in [5.74, 6) is 0. The van der Waals surface area contributed by atoms with E-state index in [1.165, 1.54) is 11.1 Å². The Morgan fingerprint density at radius 3 is 3.00 bits per heavy atom. The third kappa shape index (κ3) is 1.47. The van der Waals surface area contributed by atoms with E-state index >= 15 is 0 Å². The fourth-order valence-corrected chi connectivity index (χ4v) is 2.14. The first-order valence-electron chi connectivity index (χ1n) is 5.50. The molecule has 0 unspecified atom stereocenters. The van der Waals surface area contributed by atoms with Gasteiger partial charge in [0.2, 0.25) is 0 Å². The van der Waals surface area contributed by atoms with Crippen molar-refractivity contribution in [1.29, 1.82) is 0 Å². The summed E-state index contributed by atoms with van der Waals surface area (Å²) in [6, 6.07) is 6.12. The number of H-pyrrole nitrogens is 1. The molecule has 3 heterocycles. The van der Waals surface area contributed by atoms with Crippen molar-refractivity contribution in [1.82, 2.24) is 14.5 Å². The van der Waals surface area contributed by atoms with E-state index in [-0.39, 0.29) is 0 Å². The molecule has 3 heteroatoms. The van der Waals surface area contributed by atoms with E-state index in [4.69, 9.17) is 0 Å². The van der Waals surface area contributed by atoms with Gasteiger partial charge < -0.3 is 9.55 Å². The number of nitrogens with zero attached hydrogens (tertiary/aromatic N) is 2. The van der Waals surface area contributed by atoms with Crippen LogP contribution >= 0.6 is 0 Å². The summed E-state index contributed by atoms with van der Waals surface area (Å²) in [6.45, 7) is 3.76. The molecular weight excluding hydrogens is 210 g/mol. The van der Waals surface area contributed by atoms with E-state index in [0.717, 1.165) is 16.8 Å². The highest BCUT2D eigenvalue weighted by molar-refractivity contribution is 5.94. The van der Waals surface area contributed by atoms with Gasteiger partial charge in [-0.15, -0.1) is 0 Å². The maximum Gasteiger partial charge on any atom is 0.0515 e. The van der Waals surface area contributed by atoms with Gasteiger partial charge in [0.05, 0.1) is 5.52 Å². The summed E-state index contributed by atoms with van der Waals surface area (Å²) < 4.78 is 2.11. The highest BCUT2D eigenvalue weighted by Gasteiger charge is 2.09. The van der Waals surface area contributed by atoms with Gasteiger partial charge in [0.1, 0.15) is 0 Å². The maximum atomic E-state index is 4.19. The molecule has 0 aliphatic carbocycles. The lowest BCUT2D eigenvalue weighted by atomic mass is 10.2. The van der Waals surface area contributed by atoms with Crippen LogP contribution in [0.15, 0.2) is 43.4 Å². The molecule has 17 heavy (non-hydrogen) atoms. The second-order valence-electron chi connectivity index (χ2n) is 4.08. The van der Waals surface area contributed by atoms with Crippen LogP contribution in [0.3, 0.4) is 0 Å². The van der Waals surface area contributed by atoms with Crippen LogP contribution in [0.25, 0.3) is 28.2 Å². The van der Waals surface area contributed by atoms with E-state index in [0.29, 0.717) is 0 Å². The molecule has 0 bridgehead atoms. The number of aromatic nitrogens is 3. The van der Waals surface area contributed by atoms with Crippen LogP contribution in [0, 0.1) is 0 Å². The van der Waals surface area contributed by atoms with Gasteiger partial charge in [0, 0.05) is 48.0 Å². The summed E-state index contributed by atoms with van der Waals surface area (Å²) in [6.07, 6.45) is 7.65. The molecule has 3 aromatic heterocycles. The normalized spacial score (nSPS) is 10.9. The van der Waals surface area contributed by atoms with Crippen LogP contribution in [0.4, 0.5) is 0 Å². The number of aromatic amines is 1. The Balaban J connectivity index is 2.26. The molecule has 84 valence electrons. The number of hydrogen-bond acceptors (Lipinski definition) is 1. The maximum absolute atomic E-state index is 4.19.